The third-order valence-electron chi connectivity index (χ3n) is 2.95. The first-order chi connectivity index (χ1) is 8.02. The first-order valence-electron chi connectivity index (χ1n) is 5.93. The lowest BCUT2D eigenvalue weighted by Crippen LogP contribution is -2.40. The zero-order valence-corrected chi connectivity index (χ0v) is 10.6. The molecule has 0 spiro atoms. The van der Waals surface area contributed by atoms with Crippen LogP contribution in [0.25, 0.3) is 0 Å². The van der Waals surface area contributed by atoms with Crippen LogP contribution in [0.1, 0.15) is 38.8 Å². The first kappa shape index (κ1) is 12.1. The number of rotatable bonds is 1. The maximum Gasteiger partial charge on any atom is 0.167 e. The second kappa shape index (κ2) is 4.48. The van der Waals surface area contributed by atoms with E-state index >= 15 is 0 Å². The summed E-state index contributed by atoms with van der Waals surface area (Å²) in [6.45, 7) is 6.30. The molecule has 0 amide bonds. The molecule has 1 aromatic carbocycles. The maximum absolute atomic E-state index is 9.01. The lowest BCUT2D eigenvalue weighted by Gasteiger charge is -2.34. The van der Waals surface area contributed by atoms with E-state index in [1.807, 2.05) is 23.3 Å². The van der Waals surface area contributed by atoms with Crippen LogP contribution in [0.15, 0.2) is 30.3 Å². The average molecular weight is 230 g/mol. The molecule has 17 heavy (non-hydrogen) atoms. The molecule has 2 rings (SSSR count). The van der Waals surface area contributed by atoms with Crippen LogP contribution in [0.5, 0.6) is 0 Å². The Morgan fingerprint density at radius 1 is 1.29 bits per heavy atom. The van der Waals surface area contributed by atoms with Crippen LogP contribution in [0, 0.1) is 11.3 Å². The van der Waals surface area contributed by atoms with Gasteiger partial charge in [-0.3, -0.25) is 4.84 Å². The molecular formula is C14H18N2O. The molecular weight excluding hydrogens is 212 g/mol. The largest absolute Gasteiger partial charge is 0.279 e. The summed E-state index contributed by atoms with van der Waals surface area (Å²) in [7, 11) is 0. The number of hydrogen-bond acceptors (Lipinski definition) is 3. The molecule has 0 aliphatic carbocycles. The van der Waals surface area contributed by atoms with E-state index in [1.165, 1.54) is 5.56 Å². The van der Waals surface area contributed by atoms with E-state index < -0.39 is 0 Å². The summed E-state index contributed by atoms with van der Waals surface area (Å²) in [5.74, 6) is 0. The van der Waals surface area contributed by atoms with E-state index in [2.05, 4.69) is 39.0 Å². The fourth-order valence-corrected chi connectivity index (χ4v) is 2.20. The van der Waals surface area contributed by atoms with E-state index in [-0.39, 0.29) is 17.7 Å². The van der Waals surface area contributed by atoms with Crippen molar-refractivity contribution in [2.45, 2.75) is 44.9 Å². The van der Waals surface area contributed by atoms with Crippen molar-refractivity contribution in [1.82, 2.24) is 5.06 Å². The monoisotopic (exact) mass is 230 g/mol. The Labute approximate surface area is 103 Å². The second-order valence-electron chi connectivity index (χ2n) is 5.38. The standard InChI is InChI=1S/C14H18N2O/c1-14(2,3)16-13(9-12(10-15)17-16)11-7-5-4-6-8-11/h4-8,12-13H,9H2,1-3H3/t12-,13-/m1/s1. The molecule has 0 saturated carbocycles. The van der Waals surface area contributed by atoms with E-state index in [9.17, 15) is 0 Å². The van der Waals surface area contributed by atoms with Crippen LogP contribution in [0.3, 0.4) is 0 Å². The summed E-state index contributed by atoms with van der Waals surface area (Å²) in [6, 6.07) is 12.6. The zero-order chi connectivity index (χ0) is 12.5. The van der Waals surface area contributed by atoms with Crippen molar-refractivity contribution in [1.29, 1.82) is 5.26 Å². The van der Waals surface area contributed by atoms with Crippen LogP contribution >= 0.6 is 0 Å². The molecule has 0 N–H and O–H groups in total. The number of nitrogens with zero attached hydrogens (tertiary/aromatic N) is 2. The first-order valence-corrected chi connectivity index (χ1v) is 5.93. The van der Waals surface area contributed by atoms with Gasteiger partial charge in [0.1, 0.15) is 0 Å². The Balaban J connectivity index is 2.29. The molecule has 1 heterocycles. The summed E-state index contributed by atoms with van der Waals surface area (Å²) in [4.78, 5) is 5.71. The van der Waals surface area contributed by atoms with E-state index in [0.29, 0.717) is 0 Å². The highest BCUT2D eigenvalue weighted by Crippen LogP contribution is 2.38. The van der Waals surface area contributed by atoms with E-state index in [1.54, 1.807) is 0 Å². The molecule has 1 aliphatic rings. The topological polar surface area (TPSA) is 36.3 Å². The lowest BCUT2D eigenvalue weighted by molar-refractivity contribution is -0.203. The van der Waals surface area contributed by atoms with E-state index in [0.717, 1.165) is 6.42 Å². The fourth-order valence-electron chi connectivity index (χ4n) is 2.20. The number of hydroxylamine groups is 2. The van der Waals surface area contributed by atoms with Gasteiger partial charge >= 0.3 is 0 Å². The van der Waals surface area contributed by atoms with Crippen LogP contribution in [0.2, 0.25) is 0 Å². The van der Waals surface area contributed by atoms with Gasteiger partial charge in [-0.2, -0.15) is 10.3 Å². The Bertz CT molecular complexity index is 416. The molecule has 1 fully saturated rings. The molecule has 2 atom stereocenters. The minimum Gasteiger partial charge on any atom is -0.279 e. The maximum atomic E-state index is 9.01. The van der Waals surface area contributed by atoms with Crippen molar-refractivity contribution >= 4 is 0 Å². The third kappa shape index (κ3) is 2.49. The molecule has 0 unspecified atom stereocenters. The molecule has 3 nitrogen and oxygen atoms in total. The minimum absolute atomic E-state index is 0.105. The Morgan fingerprint density at radius 3 is 2.47 bits per heavy atom. The predicted molar refractivity (Wildman–Crippen MR) is 65.9 cm³/mol. The van der Waals surface area contributed by atoms with Crippen LogP contribution in [0.4, 0.5) is 0 Å². The number of nitriles is 1. The van der Waals surface area contributed by atoms with Crippen molar-refractivity contribution in [3.8, 4) is 6.07 Å². The lowest BCUT2D eigenvalue weighted by atomic mass is 9.98. The van der Waals surface area contributed by atoms with Crippen molar-refractivity contribution in [2.24, 2.45) is 0 Å². The van der Waals surface area contributed by atoms with Gasteiger partial charge in [0.05, 0.1) is 12.1 Å². The van der Waals surface area contributed by atoms with Gasteiger partial charge in [0.2, 0.25) is 0 Å². The smallest absolute Gasteiger partial charge is 0.167 e. The van der Waals surface area contributed by atoms with Gasteiger partial charge in [-0.05, 0) is 26.3 Å². The molecule has 1 aromatic rings. The summed E-state index contributed by atoms with van der Waals surface area (Å²) in [5, 5.41) is 11.0. The van der Waals surface area contributed by atoms with Crippen molar-refractivity contribution in [3.63, 3.8) is 0 Å². The fraction of sp³-hybridized carbons (Fsp3) is 0.500. The SMILES string of the molecule is CC(C)(C)N1O[C@@H](C#N)C[C@@H]1c1ccccc1. The Morgan fingerprint density at radius 2 is 1.94 bits per heavy atom. The Kier molecular flexibility index (Phi) is 3.19. The molecule has 1 aliphatic heterocycles. The predicted octanol–water partition coefficient (Wildman–Crippen LogP) is 3.06. The Hall–Kier alpha value is -1.37. The molecule has 1 saturated heterocycles. The normalized spacial score (nSPS) is 25.8. The molecule has 0 radical (unpaired) electrons. The van der Waals surface area contributed by atoms with Gasteiger partial charge in [-0.15, -0.1) is 0 Å². The number of hydrogen-bond donors (Lipinski definition) is 0. The molecule has 0 aromatic heterocycles. The number of benzene rings is 1. The van der Waals surface area contributed by atoms with E-state index in [4.69, 9.17) is 10.1 Å². The molecule has 90 valence electrons. The quantitative estimate of drug-likeness (QED) is 0.744. The summed E-state index contributed by atoms with van der Waals surface area (Å²) in [6.07, 6.45) is 0.400. The van der Waals surface area contributed by atoms with Crippen LogP contribution in [-0.2, 0) is 4.84 Å². The highest BCUT2D eigenvalue weighted by Gasteiger charge is 2.40. The zero-order valence-electron chi connectivity index (χ0n) is 10.6. The second-order valence-corrected chi connectivity index (χ2v) is 5.38. The van der Waals surface area contributed by atoms with Gasteiger partial charge in [-0.25, -0.2) is 0 Å². The highest BCUT2D eigenvalue weighted by molar-refractivity contribution is 5.21. The van der Waals surface area contributed by atoms with Crippen LogP contribution in [-0.4, -0.2) is 16.7 Å². The average Bonchev–Trinajstić information content (AvgIpc) is 2.74. The highest BCUT2D eigenvalue weighted by atomic mass is 16.7. The minimum atomic E-state index is -0.334. The molecule has 0 bridgehead atoms. The van der Waals surface area contributed by atoms with Gasteiger partial charge in [0.15, 0.2) is 6.10 Å². The molecule has 3 heteroatoms. The van der Waals surface area contributed by atoms with Gasteiger partial charge in [0, 0.05) is 12.0 Å². The van der Waals surface area contributed by atoms with Crippen molar-refractivity contribution in [2.75, 3.05) is 0 Å². The third-order valence-corrected chi connectivity index (χ3v) is 2.95. The summed E-state index contributed by atoms with van der Waals surface area (Å²) in [5.41, 5.74) is 1.10. The van der Waals surface area contributed by atoms with Crippen molar-refractivity contribution < 1.29 is 4.84 Å². The van der Waals surface area contributed by atoms with Gasteiger partial charge in [-0.1, -0.05) is 30.3 Å². The van der Waals surface area contributed by atoms with Crippen molar-refractivity contribution in [3.05, 3.63) is 35.9 Å². The summed E-state index contributed by atoms with van der Waals surface area (Å²) < 4.78 is 0. The summed E-state index contributed by atoms with van der Waals surface area (Å²) >= 11 is 0. The van der Waals surface area contributed by atoms with Gasteiger partial charge in [0.25, 0.3) is 0 Å². The van der Waals surface area contributed by atoms with Crippen LogP contribution < -0.4 is 0 Å². The van der Waals surface area contributed by atoms with Gasteiger partial charge < -0.3 is 0 Å².